The molecule has 0 radical (unpaired) electrons. The summed E-state index contributed by atoms with van der Waals surface area (Å²) in [4.78, 5) is 16.6. The van der Waals surface area contributed by atoms with Gasteiger partial charge in [0.25, 0.3) is 5.91 Å². The zero-order valence-corrected chi connectivity index (χ0v) is 14.0. The number of carbonyl (C=O) groups is 1. The van der Waals surface area contributed by atoms with E-state index in [9.17, 15) is 4.79 Å². The highest BCUT2D eigenvalue weighted by Crippen LogP contribution is 2.18. The molecule has 5 nitrogen and oxygen atoms in total. The van der Waals surface area contributed by atoms with Crippen molar-refractivity contribution in [1.29, 1.82) is 5.26 Å². The Labute approximate surface area is 148 Å². The molecule has 1 saturated heterocycles. The fourth-order valence-electron chi connectivity index (χ4n) is 2.99. The summed E-state index contributed by atoms with van der Waals surface area (Å²) in [5.74, 6) is -0.162. The minimum Gasteiger partial charge on any atom is -0.366 e. The predicted molar refractivity (Wildman–Crippen MR) is 95.9 cm³/mol. The molecule has 1 aliphatic heterocycles. The number of anilines is 1. The summed E-state index contributed by atoms with van der Waals surface area (Å²) >= 11 is 0. The third-order valence-electron chi connectivity index (χ3n) is 4.24. The lowest BCUT2D eigenvalue weighted by Crippen LogP contribution is -2.51. The molecule has 1 unspecified atom stereocenters. The van der Waals surface area contributed by atoms with E-state index in [0.717, 1.165) is 18.8 Å². The Balaban J connectivity index is 1.69. The van der Waals surface area contributed by atoms with E-state index in [4.69, 9.17) is 10.00 Å². The van der Waals surface area contributed by atoms with Crippen molar-refractivity contribution >= 4 is 11.6 Å². The van der Waals surface area contributed by atoms with Gasteiger partial charge < -0.3 is 4.74 Å². The van der Waals surface area contributed by atoms with Crippen LogP contribution in [0.25, 0.3) is 0 Å². The summed E-state index contributed by atoms with van der Waals surface area (Å²) in [5.41, 5.74) is 1.94. The van der Waals surface area contributed by atoms with Gasteiger partial charge in [-0.05, 0) is 17.7 Å². The largest absolute Gasteiger partial charge is 0.366 e. The second-order valence-corrected chi connectivity index (χ2v) is 6.00. The molecule has 3 rings (SSSR count). The molecule has 1 heterocycles. The summed E-state index contributed by atoms with van der Waals surface area (Å²) in [6, 6.07) is 21.5. The summed E-state index contributed by atoms with van der Waals surface area (Å²) in [6.07, 6.45) is -0.550. The summed E-state index contributed by atoms with van der Waals surface area (Å²) in [7, 11) is 0. The first-order valence-corrected chi connectivity index (χ1v) is 8.39. The minimum absolute atomic E-state index is 0.0153. The average Bonchev–Trinajstić information content (AvgIpc) is 2.67. The van der Waals surface area contributed by atoms with Crippen LogP contribution in [-0.2, 0) is 16.1 Å². The number of benzene rings is 2. The number of morpholine rings is 1. The number of carbonyl (C=O) groups excluding carboxylic acids is 1. The van der Waals surface area contributed by atoms with Crippen LogP contribution in [0.2, 0.25) is 0 Å². The number of amides is 1. The minimum atomic E-state index is -0.550. The second-order valence-electron chi connectivity index (χ2n) is 6.00. The number of nitriles is 1. The topological polar surface area (TPSA) is 56.6 Å². The van der Waals surface area contributed by atoms with Crippen LogP contribution in [0.15, 0.2) is 60.7 Å². The van der Waals surface area contributed by atoms with Gasteiger partial charge in [0.2, 0.25) is 0 Å². The molecule has 1 atom stereocenters. The third-order valence-corrected chi connectivity index (χ3v) is 4.24. The summed E-state index contributed by atoms with van der Waals surface area (Å²) in [6.45, 7) is 2.64. The van der Waals surface area contributed by atoms with Gasteiger partial charge in [-0.2, -0.15) is 5.26 Å². The highest BCUT2D eigenvalue weighted by molar-refractivity contribution is 5.97. The molecule has 0 bridgehead atoms. The van der Waals surface area contributed by atoms with Crippen LogP contribution in [0, 0.1) is 11.3 Å². The highest BCUT2D eigenvalue weighted by atomic mass is 16.5. The van der Waals surface area contributed by atoms with Gasteiger partial charge >= 0.3 is 0 Å². The number of rotatable bonds is 5. The Morgan fingerprint density at radius 2 is 1.84 bits per heavy atom. The Bertz CT molecular complexity index is 728. The molecule has 0 spiro atoms. The van der Waals surface area contributed by atoms with E-state index in [-0.39, 0.29) is 12.5 Å². The first kappa shape index (κ1) is 17.2. The molecule has 128 valence electrons. The van der Waals surface area contributed by atoms with E-state index >= 15 is 0 Å². The summed E-state index contributed by atoms with van der Waals surface area (Å²) in [5, 5.41) is 9.10. The van der Waals surface area contributed by atoms with Crippen molar-refractivity contribution in [3.8, 4) is 6.07 Å². The fourth-order valence-corrected chi connectivity index (χ4v) is 2.99. The molecule has 2 aromatic carbocycles. The van der Waals surface area contributed by atoms with Gasteiger partial charge in [0.15, 0.2) is 0 Å². The van der Waals surface area contributed by atoms with Gasteiger partial charge in [0.1, 0.15) is 12.6 Å². The van der Waals surface area contributed by atoms with Gasteiger partial charge in [-0.3, -0.25) is 14.6 Å². The van der Waals surface area contributed by atoms with E-state index < -0.39 is 6.10 Å². The molecule has 2 aromatic rings. The van der Waals surface area contributed by atoms with Crippen molar-refractivity contribution in [1.82, 2.24) is 4.90 Å². The Morgan fingerprint density at radius 1 is 1.16 bits per heavy atom. The van der Waals surface area contributed by atoms with Crippen molar-refractivity contribution in [2.75, 3.05) is 31.1 Å². The normalized spacial score (nSPS) is 17.6. The zero-order valence-electron chi connectivity index (χ0n) is 14.0. The fraction of sp³-hybridized carbons (Fsp3) is 0.300. The molecular weight excluding hydrogens is 314 g/mol. The maximum Gasteiger partial charge on any atom is 0.258 e. The van der Waals surface area contributed by atoms with Crippen LogP contribution in [0.1, 0.15) is 5.56 Å². The van der Waals surface area contributed by atoms with Crippen molar-refractivity contribution < 1.29 is 9.53 Å². The Kier molecular flexibility index (Phi) is 5.78. The molecule has 0 saturated carbocycles. The van der Waals surface area contributed by atoms with E-state index in [0.29, 0.717) is 13.2 Å². The number of hydrogen-bond donors (Lipinski definition) is 0. The third kappa shape index (κ3) is 4.44. The van der Waals surface area contributed by atoms with Crippen molar-refractivity contribution in [3.63, 3.8) is 0 Å². The average molecular weight is 335 g/mol. The van der Waals surface area contributed by atoms with Gasteiger partial charge in [-0.15, -0.1) is 0 Å². The van der Waals surface area contributed by atoms with E-state index in [1.54, 1.807) is 0 Å². The number of ether oxygens (including phenoxy) is 1. The highest BCUT2D eigenvalue weighted by Gasteiger charge is 2.30. The van der Waals surface area contributed by atoms with Crippen LogP contribution >= 0.6 is 0 Å². The molecule has 25 heavy (non-hydrogen) atoms. The Morgan fingerprint density at radius 3 is 2.52 bits per heavy atom. The monoisotopic (exact) mass is 335 g/mol. The number of hydrogen-bond acceptors (Lipinski definition) is 4. The van der Waals surface area contributed by atoms with Gasteiger partial charge in [0.05, 0.1) is 12.7 Å². The first-order valence-electron chi connectivity index (χ1n) is 8.39. The van der Waals surface area contributed by atoms with Crippen LogP contribution in [0.4, 0.5) is 5.69 Å². The van der Waals surface area contributed by atoms with E-state index in [1.165, 1.54) is 10.5 Å². The molecule has 1 amide bonds. The molecule has 5 heteroatoms. The quantitative estimate of drug-likeness (QED) is 0.788. The maximum absolute atomic E-state index is 12.9. The van der Waals surface area contributed by atoms with Crippen molar-refractivity contribution in [2.24, 2.45) is 0 Å². The van der Waals surface area contributed by atoms with Crippen molar-refractivity contribution in [3.05, 3.63) is 66.2 Å². The summed E-state index contributed by atoms with van der Waals surface area (Å²) < 4.78 is 5.71. The van der Waals surface area contributed by atoms with Crippen LogP contribution < -0.4 is 4.90 Å². The van der Waals surface area contributed by atoms with Gasteiger partial charge in [-0.1, -0.05) is 48.5 Å². The Hall–Kier alpha value is -2.68. The molecule has 1 fully saturated rings. The van der Waals surface area contributed by atoms with Gasteiger partial charge in [0, 0.05) is 25.3 Å². The molecule has 0 aliphatic carbocycles. The SMILES string of the molecule is N#CCN(C(=O)C1CN(Cc2ccccc2)CCO1)c1ccccc1. The van der Waals surface area contributed by atoms with Crippen LogP contribution in [-0.4, -0.2) is 43.2 Å². The van der Waals surface area contributed by atoms with Crippen LogP contribution in [0.5, 0.6) is 0 Å². The van der Waals surface area contributed by atoms with Crippen molar-refractivity contribution in [2.45, 2.75) is 12.6 Å². The molecular formula is C20H21N3O2. The lowest BCUT2D eigenvalue weighted by Gasteiger charge is -2.34. The van der Waals surface area contributed by atoms with Gasteiger partial charge in [-0.25, -0.2) is 0 Å². The molecule has 1 aliphatic rings. The number of nitrogens with zero attached hydrogens (tertiary/aromatic N) is 3. The number of para-hydroxylation sites is 1. The lowest BCUT2D eigenvalue weighted by atomic mass is 10.1. The standard InChI is InChI=1S/C20H21N3O2/c21-11-12-23(18-9-5-2-6-10-18)20(24)19-16-22(13-14-25-19)15-17-7-3-1-4-8-17/h1-10,19H,12-16H2. The predicted octanol–water partition coefficient (Wildman–Crippen LogP) is 2.44. The van der Waals surface area contributed by atoms with E-state index in [1.807, 2.05) is 48.5 Å². The molecule has 0 N–H and O–H groups in total. The molecule has 0 aromatic heterocycles. The van der Waals surface area contributed by atoms with E-state index in [2.05, 4.69) is 23.1 Å². The first-order chi connectivity index (χ1) is 12.3. The van der Waals surface area contributed by atoms with Crippen LogP contribution in [0.3, 0.4) is 0 Å². The second kappa shape index (κ2) is 8.43. The zero-order chi connectivity index (χ0) is 17.5. The maximum atomic E-state index is 12.9. The lowest BCUT2D eigenvalue weighted by molar-refractivity contribution is -0.135. The smallest absolute Gasteiger partial charge is 0.258 e.